The van der Waals surface area contributed by atoms with Crippen molar-refractivity contribution >= 4 is 11.3 Å². The van der Waals surface area contributed by atoms with Gasteiger partial charge in [0.15, 0.2) is 5.82 Å². The van der Waals surface area contributed by atoms with E-state index < -0.39 is 0 Å². The van der Waals surface area contributed by atoms with Gasteiger partial charge in [0.2, 0.25) is 0 Å². The molecule has 2 aromatic heterocycles. The molecule has 3 rings (SSSR count). The molecule has 0 spiro atoms. The van der Waals surface area contributed by atoms with Crippen molar-refractivity contribution in [3.8, 4) is 0 Å². The van der Waals surface area contributed by atoms with E-state index in [9.17, 15) is 0 Å². The van der Waals surface area contributed by atoms with Crippen LogP contribution in [0.25, 0.3) is 0 Å². The number of nitrogens with zero attached hydrogens (tertiary/aromatic N) is 2. The topological polar surface area (TPSA) is 53.6 Å². The molecule has 3 heterocycles. The normalized spacial score (nSPS) is 20.6. The third-order valence-corrected chi connectivity index (χ3v) is 4.01. The van der Waals surface area contributed by atoms with Gasteiger partial charge in [0.05, 0.1) is 0 Å². The second-order valence-electron chi connectivity index (χ2n) is 4.44. The molecule has 2 aromatic rings. The minimum Gasteiger partial charge on any atom is -0.316 e. The largest absolute Gasteiger partial charge is 0.316 e. The van der Waals surface area contributed by atoms with Gasteiger partial charge in [-0.3, -0.25) is 5.10 Å². The van der Waals surface area contributed by atoms with E-state index in [1.165, 1.54) is 17.7 Å². The summed E-state index contributed by atoms with van der Waals surface area (Å²) in [5.41, 5.74) is 0. The van der Waals surface area contributed by atoms with E-state index in [1.807, 2.05) is 0 Å². The van der Waals surface area contributed by atoms with Crippen molar-refractivity contribution in [2.75, 3.05) is 13.1 Å². The zero-order valence-electron chi connectivity index (χ0n) is 9.65. The summed E-state index contributed by atoms with van der Waals surface area (Å²) in [6.07, 6.45) is 3.29. The average Bonchev–Trinajstić information content (AvgIpc) is 3.02. The SMILES string of the molecule is c1csc(Cc2nc(C3CCCNC3)n[nH]2)c1. The lowest BCUT2D eigenvalue weighted by Gasteiger charge is -2.19. The molecule has 0 bridgehead atoms. The maximum atomic E-state index is 4.61. The van der Waals surface area contributed by atoms with Gasteiger partial charge in [-0.05, 0) is 30.8 Å². The molecule has 5 heteroatoms. The van der Waals surface area contributed by atoms with Crippen LogP contribution in [0.2, 0.25) is 0 Å². The van der Waals surface area contributed by atoms with E-state index in [1.54, 1.807) is 11.3 Å². The number of rotatable bonds is 3. The first-order chi connectivity index (χ1) is 8.42. The summed E-state index contributed by atoms with van der Waals surface area (Å²) < 4.78 is 0. The van der Waals surface area contributed by atoms with Crippen molar-refractivity contribution in [1.29, 1.82) is 0 Å². The van der Waals surface area contributed by atoms with E-state index in [0.717, 1.165) is 31.2 Å². The van der Waals surface area contributed by atoms with Gasteiger partial charge in [-0.1, -0.05) is 6.07 Å². The molecule has 4 nitrogen and oxygen atoms in total. The molecule has 1 saturated heterocycles. The van der Waals surface area contributed by atoms with Crippen LogP contribution in [0.4, 0.5) is 0 Å². The molecule has 0 saturated carbocycles. The number of nitrogens with one attached hydrogen (secondary N) is 2. The molecule has 1 unspecified atom stereocenters. The molecule has 90 valence electrons. The Balaban J connectivity index is 1.69. The van der Waals surface area contributed by atoms with E-state index in [-0.39, 0.29) is 0 Å². The monoisotopic (exact) mass is 248 g/mol. The van der Waals surface area contributed by atoms with E-state index in [4.69, 9.17) is 0 Å². The highest BCUT2D eigenvalue weighted by atomic mass is 32.1. The summed E-state index contributed by atoms with van der Waals surface area (Å²) in [7, 11) is 0. The third-order valence-electron chi connectivity index (χ3n) is 3.13. The van der Waals surface area contributed by atoms with Crippen LogP contribution in [-0.4, -0.2) is 28.3 Å². The lowest BCUT2D eigenvalue weighted by molar-refractivity contribution is 0.447. The number of hydrogen-bond donors (Lipinski definition) is 2. The first-order valence-electron chi connectivity index (χ1n) is 6.06. The maximum absolute atomic E-state index is 4.61. The van der Waals surface area contributed by atoms with E-state index >= 15 is 0 Å². The van der Waals surface area contributed by atoms with Crippen LogP contribution < -0.4 is 5.32 Å². The van der Waals surface area contributed by atoms with Crippen molar-refractivity contribution in [2.24, 2.45) is 0 Å². The Labute approximate surface area is 104 Å². The van der Waals surface area contributed by atoms with Crippen LogP contribution in [0.3, 0.4) is 0 Å². The first kappa shape index (κ1) is 10.9. The molecule has 0 radical (unpaired) electrons. The highest BCUT2D eigenvalue weighted by Crippen LogP contribution is 2.20. The number of aromatic amines is 1. The molecular weight excluding hydrogens is 232 g/mol. The smallest absolute Gasteiger partial charge is 0.155 e. The summed E-state index contributed by atoms with van der Waals surface area (Å²) >= 11 is 1.76. The lowest BCUT2D eigenvalue weighted by atomic mass is 9.99. The van der Waals surface area contributed by atoms with Crippen molar-refractivity contribution in [3.05, 3.63) is 34.0 Å². The van der Waals surface area contributed by atoms with Crippen LogP contribution in [-0.2, 0) is 6.42 Å². The standard InChI is InChI=1S/C12H16N4S/c1-3-9(8-13-5-1)12-14-11(15-16-12)7-10-4-2-6-17-10/h2,4,6,9,13H,1,3,5,7-8H2,(H,14,15,16). The number of H-pyrrole nitrogens is 1. The zero-order valence-corrected chi connectivity index (χ0v) is 10.5. The van der Waals surface area contributed by atoms with Crippen LogP contribution in [0.5, 0.6) is 0 Å². The fourth-order valence-corrected chi connectivity index (χ4v) is 2.93. The highest BCUT2D eigenvalue weighted by Gasteiger charge is 2.19. The van der Waals surface area contributed by atoms with Gasteiger partial charge in [-0.15, -0.1) is 11.3 Å². The Kier molecular flexibility index (Phi) is 3.20. The summed E-state index contributed by atoms with van der Waals surface area (Å²) in [6.45, 7) is 2.14. The molecule has 1 fully saturated rings. The van der Waals surface area contributed by atoms with Crippen molar-refractivity contribution in [1.82, 2.24) is 20.5 Å². The number of aromatic nitrogens is 3. The van der Waals surface area contributed by atoms with E-state index in [0.29, 0.717) is 5.92 Å². The summed E-state index contributed by atoms with van der Waals surface area (Å²) in [6, 6.07) is 4.21. The summed E-state index contributed by atoms with van der Waals surface area (Å²) in [5, 5.41) is 12.9. The lowest BCUT2D eigenvalue weighted by Crippen LogP contribution is -2.28. The predicted molar refractivity (Wildman–Crippen MR) is 68.4 cm³/mol. The van der Waals surface area contributed by atoms with Crippen LogP contribution >= 0.6 is 11.3 Å². The van der Waals surface area contributed by atoms with Crippen molar-refractivity contribution in [3.63, 3.8) is 0 Å². The van der Waals surface area contributed by atoms with Crippen LogP contribution in [0.1, 0.15) is 35.3 Å². The fraction of sp³-hybridized carbons (Fsp3) is 0.500. The second kappa shape index (κ2) is 4.98. The van der Waals surface area contributed by atoms with Gasteiger partial charge < -0.3 is 5.32 Å². The highest BCUT2D eigenvalue weighted by molar-refractivity contribution is 7.09. The number of thiophene rings is 1. The van der Waals surface area contributed by atoms with Gasteiger partial charge >= 0.3 is 0 Å². The molecule has 2 N–H and O–H groups in total. The van der Waals surface area contributed by atoms with Gasteiger partial charge in [0, 0.05) is 23.8 Å². The molecule has 1 aliphatic heterocycles. The van der Waals surface area contributed by atoms with E-state index in [2.05, 4.69) is 38.0 Å². The Bertz CT molecular complexity index is 457. The average molecular weight is 248 g/mol. The Morgan fingerprint density at radius 1 is 1.47 bits per heavy atom. The van der Waals surface area contributed by atoms with Crippen LogP contribution in [0.15, 0.2) is 17.5 Å². The first-order valence-corrected chi connectivity index (χ1v) is 6.94. The zero-order chi connectivity index (χ0) is 11.5. The second-order valence-corrected chi connectivity index (χ2v) is 5.47. The van der Waals surface area contributed by atoms with Gasteiger partial charge in [0.25, 0.3) is 0 Å². The molecule has 0 amide bonds. The Hall–Kier alpha value is -1.20. The van der Waals surface area contributed by atoms with Crippen LogP contribution in [0, 0.1) is 0 Å². The Morgan fingerprint density at radius 3 is 3.24 bits per heavy atom. The van der Waals surface area contributed by atoms with Gasteiger partial charge in [-0.2, -0.15) is 5.10 Å². The summed E-state index contributed by atoms with van der Waals surface area (Å²) in [4.78, 5) is 5.94. The molecule has 0 aliphatic carbocycles. The van der Waals surface area contributed by atoms with Gasteiger partial charge in [-0.25, -0.2) is 4.98 Å². The van der Waals surface area contributed by atoms with Gasteiger partial charge in [0.1, 0.15) is 5.82 Å². The quantitative estimate of drug-likeness (QED) is 0.872. The van der Waals surface area contributed by atoms with Crippen molar-refractivity contribution in [2.45, 2.75) is 25.2 Å². The minimum atomic E-state index is 0.483. The maximum Gasteiger partial charge on any atom is 0.155 e. The summed E-state index contributed by atoms with van der Waals surface area (Å²) in [5.74, 6) is 2.44. The fourth-order valence-electron chi connectivity index (χ4n) is 2.22. The third kappa shape index (κ3) is 2.56. The molecule has 17 heavy (non-hydrogen) atoms. The number of hydrogen-bond acceptors (Lipinski definition) is 4. The minimum absolute atomic E-state index is 0.483. The Morgan fingerprint density at radius 2 is 2.47 bits per heavy atom. The predicted octanol–water partition coefficient (Wildman–Crippen LogP) is 1.92. The number of piperidine rings is 1. The molecule has 0 aromatic carbocycles. The molecule has 1 atom stereocenters. The molecular formula is C12H16N4S. The molecule has 1 aliphatic rings. The van der Waals surface area contributed by atoms with Crippen molar-refractivity contribution < 1.29 is 0 Å².